The first-order valence-electron chi connectivity index (χ1n) is 2.18. The molecule has 2 heteroatoms. The Morgan fingerprint density at radius 3 is 2.17 bits per heavy atom. The lowest BCUT2D eigenvalue weighted by molar-refractivity contribution is 0.818. The van der Waals surface area contributed by atoms with Gasteiger partial charge in [-0.2, -0.15) is 0 Å². The van der Waals surface area contributed by atoms with Gasteiger partial charge in [-0.05, 0) is 19.4 Å². The smallest absolute Gasteiger partial charge is 0.00317 e. The highest BCUT2D eigenvalue weighted by molar-refractivity contribution is 9.09. The summed E-state index contributed by atoms with van der Waals surface area (Å²) in [6.45, 7) is 0.825. The van der Waals surface area contributed by atoms with E-state index in [4.69, 9.17) is 5.73 Å². The summed E-state index contributed by atoms with van der Waals surface area (Å²) in [5, 5.41) is 1.09. The molecule has 0 saturated heterocycles. The number of hydrogen-bond donors (Lipinski definition) is 1. The Labute approximate surface area is 47.0 Å². The van der Waals surface area contributed by atoms with Crippen LogP contribution in [0.2, 0.25) is 0 Å². The minimum Gasteiger partial charge on any atom is -0.330 e. The number of unbranched alkanes of at least 4 members (excludes halogenated alkanes) is 1. The van der Waals surface area contributed by atoms with Crippen LogP contribution < -0.4 is 5.73 Å². The monoisotopic (exact) mass is 151 g/mol. The van der Waals surface area contributed by atoms with Gasteiger partial charge in [-0.25, -0.2) is 0 Å². The predicted octanol–water partition coefficient (Wildman–Crippen LogP) is 1.12. The number of rotatable bonds is 3. The molecule has 0 aliphatic carbocycles. The molecule has 0 heterocycles. The van der Waals surface area contributed by atoms with Gasteiger partial charge in [-0.15, -0.1) is 0 Å². The van der Waals surface area contributed by atoms with Crippen molar-refractivity contribution < 1.29 is 0 Å². The van der Waals surface area contributed by atoms with Crippen LogP contribution in [0.3, 0.4) is 0 Å². The summed E-state index contributed by atoms with van der Waals surface area (Å²) >= 11 is 3.29. The van der Waals surface area contributed by atoms with Crippen LogP contribution in [0.25, 0.3) is 0 Å². The number of alkyl halides is 1. The third-order valence-corrected chi connectivity index (χ3v) is 1.15. The standard InChI is InChI=1S/C4H10BrN/c5-3-1-2-4-6/h1-4,6H2. The Morgan fingerprint density at radius 2 is 2.00 bits per heavy atom. The molecule has 0 spiro atoms. The van der Waals surface area contributed by atoms with Gasteiger partial charge in [0.1, 0.15) is 0 Å². The fourth-order valence-corrected chi connectivity index (χ4v) is 0.635. The van der Waals surface area contributed by atoms with Gasteiger partial charge < -0.3 is 5.73 Å². The van der Waals surface area contributed by atoms with Crippen LogP contribution in [0, 0.1) is 0 Å². The molecular formula is C4H10BrN. The zero-order valence-corrected chi connectivity index (χ0v) is 5.37. The van der Waals surface area contributed by atoms with Crippen LogP contribution in [-0.2, 0) is 0 Å². The third-order valence-electron chi connectivity index (χ3n) is 0.588. The molecule has 0 fully saturated rings. The Kier molecular flexibility index (Phi) is 5.84. The molecule has 0 aromatic carbocycles. The fraction of sp³-hybridized carbons (Fsp3) is 1.00. The van der Waals surface area contributed by atoms with Gasteiger partial charge in [0.2, 0.25) is 0 Å². The molecule has 1 nitrogen and oxygen atoms in total. The topological polar surface area (TPSA) is 26.0 Å². The molecule has 6 heavy (non-hydrogen) atoms. The molecule has 38 valence electrons. The van der Waals surface area contributed by atoms with E-state index >= 15 is 0 Å². The largest absolute Gasteiger partial charge is 0.330 e. The molecule has 0 atom stereocenters. The summed E-state index contributed by atoms with van der Waals surface area (Å²) in [4.78, 5) is 0. The van der Waals surface area contributed by atoms with Crippen molar-refractivity contribution in [2.75, 3.05) is 11.9 Å². The molecular weight excluding hydrogens is 142 g/mol. The summed E-state index contributed by atoms with van der Waals surface area (Å²) in [6, 6.07) is 0. The number of nitrogens with two attached hydrogens (primary N) is 1. The van der Waals surface area contributed by atoms with E-state index in [1.807, 2.05) is 0 Å². The maximum Gasteiger partial charge on any atom is 0.00317 e. The highest BCUT2D eigenvalue weighted by atomic mass is 79.9. The van der Waals surface area contributed by atoms with Gasteiger partial charge in [0.25, 0.3) is 0 Å². The van der Waals surface area contributed by atoms with E-state index in [1.165, 1.54) is 6.42 Å². The number of halogens is 1. The molecule has 0 rings (SSSR count). The Balaban J connectivity index is 2.34. The second-order valence-electron chi connectivity index (χ2n) is 1.18. The Bertz CT molecular complexity index is 19.5. The van der Waals surface area contributed by atoms with Crippen molar-refractivity contribution in [1.29, 1.82) is 0 Å². The summed E-state index contributed by atoms with van der Waals surface area (Å²) < 4.78 is 0. The van der Waals surface area contributed by atoms with Crippen molar-refractivity contribution in [3.05, 3.63) is 0 Å². The lowest BCUT2D eigenvalue weighted by atomic mass is 10.3. The van der Waals surface area contributed by atoms with Crippen molar-refractivity contribution in [3.63, 3.8) is 0 Å². The quantitative estimate of drug-likeness (QED) is 0.475. The van der Waals surface area contributed by atoms with Gasteiger partial charge in [0, 0.05) is 5.33 Å². The van der Waals surface area contributed by atoms with Crippen LogP contribution in [0.15, 0.2) is 0 Å². The van der Waals surface area contributed by atoms with Crippen molar-refractivity contribution in [2.24, 2.45) is 5.73 Å². The summed E-state index contributed by atoms with van der Waals surface area (Å²) in [5.41, 5.74) is 5.19. The van der Waals surface area contributed by atoms with Crippen LogP contribution in [0.5, 0.6) is 0 Å². The molecule has 0 bridgehead atoms. The summed E-state index contributed by atoms with van der Waals surface area (Å²) in [6.07, 6.45) is 2.35. The van der Waals surface area contributed by atoms with E-state index in [2.05, 4.69) is 15.9 Å². The SMILES string of the molecule is NCCCCBr. The van der Waals surface area contributed by atoms with Gasteiger partial charge in [0.05, 0.1) is 0 Å². The second-order valence-corrected chi connectivity index (χ2v) is 1.98. The van der Waals surface area contributed by atoms with Crippen LogP contribution >= 0.6 is 15.9 Å². The lowest BCUT2D eigenvalue weighted by Gasteiger charge is -1.85. The first-order valence-corrected chi connectivity index (χ1v) is 3.30. The third kappa shape index (κ3) is 4.44. The second kappa shape index (κ2) is 5.44. The molecule has 0 saturated carbocycles. The average molecular weight is 152 g/mol. The molecule has 0 radical (unpaired) electrons. The van der Waals surface area contributed by atoms with Crippen molar-refractivity contribution in [3.8, 4) is 0 Å². The van der Waals surface area contributed by atoms with Crippen molar-refractivity contribution >= 4 is 15.9 Å². The van der Waals surface area contributed by atoms with E-state index in [0.717, 1.165) is 18.3 Å². The maximum absolute atomic E-state index is 5.19. The van der Waals surface area contributed by atoms with Crippen LogP contribution in [0.4, 0.5) is 0 Å². The highest BCUT2D eigenvalue weighted by Gasteiger charge is 1.76. The molecule has 0 aromatic rings. The molecule has 0 unspecified atom stereocenters. The van der Waals surface area contributed by atoms with Gasteiger partial charge in [-0.1, -0.05) is 15.9 Å². The first kappa shape index (κ1) is 6.44. The summed E-state index contributed by atoms with van der Waals surface area (Å²) in [5.74, 6) is 0. The minimum absolute atomic E-state index is 0.825. The maximum atomic E-state index is 5.19. The average Bonchev–Trinajstić information content (AvgIpc) is 1.61. The van der Waals surface area contributed by atoms with Crippen molar-refractivity contribution in [2.45, 2.75) is 12.8 Å². The van der Waals surface area contributed by atoms with E-state index < -0.39 is 0 Å². The molecule has 0 aliphatic rings. The zero-order chi connectivity index (χ0) is 4.83. The van der Waals surface area contributed by atoms with Gasteiger partial charge in [0.15, 0.2) is 0 Å². The van der Waals surface area contributed by atoms with E-state index in [-0.39, 0.29) is 0 Å². The molecule has 0 aliphatic heterocycles. The Hall–Kier alpha value is 0.440. The van der Waals surface area contributed by atoms with Gasteiger partial charge in [-0.3, -0.25) is 0 Å². The zero-order valence-electron chi connectivity index (χ0n) is 3.78. The minimum atomic E-state index is 0.825. The fourth-order valence-electron chi connectivity index (χ4n) is 0.239. The van der Waals surface area contributed by atoms with E-state index in [1.54, 1.807) is 0 Å². The van der Waals surface area contributed by atoms with Gasteiger partial charge >= 0.3 is 0 Å². The normalized spacial score (nSPS) is 9.00. The van der Waals surface area contributed by atoms with E-state index in [0.29, 0.717) is 0 Å². The van der Waals surface area contributed by atoms with Crippen LogP contribution in [-0.4, -0.2) is 11.9 Å². The lowest BCUT2D eigenvalue weighted by Crippen LogP contribution is -1.97. The Morgan fingerprint density at radius 1 is 1.33 bits per heavy atom. The van der Waals surface area contributed by atoms with E-state index in [9.17, 15) is 0 Å². The molecule has 0 amide bonds. The predicted molar refractivity (Wildman–Crippen MR) is 32.1 cm³/mol. The van der Waals surface area contributed by atoms with Crippen molar-refractivity contribution in [1.82, 2.24) is 0 Å². The highest BCUT2D eigenvalue weighted by Crippen LogP contribution is 1.89. The first-order chi connectivity index (χ1) is 2.91. The van der Waals surface area contributed by atoms with Crippen LogP contribution in [0.1, 0.15) is 12.8 Å². The summed E-state index contributed by atoms with van der Waals surface area (Å²) in [7, 11) is 0. The molecule has 0 aromatic heterocycles. The number of hydrogen-bond acceptors (Lipinski definition) is 1. The molecule has 2 N–H and O–H groups in total.